The van der Waals surface area contributed by atoms with Crippen molar-refractivity contribution >= 4 is 23.3 Å². The molecule has 1 atom stereocenters. The number of likely N-dealkylation sites (tertiary alicyclic amines) is 1. The Balaban J connectivity index is 1.37. The predicted molar refractivity (Wildman–Crippen MR) is 106 cm³/mol. The van der Waals surface area contributed by atoms with E-state index in [1.54, 1.807) is 11.3 Å². The molecule has 0 unspecified atom stereocenters. The number of urea groups is 1. The van der Waals surface area contributed by atoms with Crippen LogP contribution in [0.15, 0.2) is 41.1 Å². The zero-order valence-corrected chi connectivity index (χ0v) is 16.7. The number of carbonyl (C=O) groups excluding carboxylic acids is 2. The molecular weight excluding hydrogens is 377 g/mol. The zero-order chi connectivity index (χ0) is 19.7. The molecule has 2 fully saturated rings. The van der Waals surface area contributed by atoms with Crippen LogP contribution in [0.1, 0.15) is 30.9 Å². The van der Waals surface area contributed by atoms with Gasteiger partial charge in [-0.1, -0.05) is 12.1 Å². The Bertz CT molecular complexity index is 847. The number of imide groups is 1. The van der Waals surface area contributed by atoms with Crippen LogP contribution in [0.5, 0.6) is 0 Å². The third-order valence-corrected chi connectivity index (χ3v) is 6.68. The van der Waals surface area contributed by atoms with E-state index in [0.717, 1.165) is 43.6 Å². The number of hydrogen-bond donors (Lipinski definition) is 1. The van der Waals surface area contributed by atoms with Crippen molar-refractivity contribution in [2.45, 2.75) is 38.4 Å². The lowest BCUT2D eigenvalue weighted by Gasteiger charge is -2.39. The Morgan fingerprint density at radius 3 is 2.46 bits per heavy atom. The van der Waals surface area contributed by atoms with Gasteiger partial charge in [0.15, 0.2) is 0 Å². The van der Waals surface area contributed by atoms with Crippen molar-refractivity contribution in [2.75, 3.05) is 13.1 Å². The second-order valence-corrected chi connectivity index (χ2v) is 8.61. The molecule has 7 heteroatoms. The van der Waals surface area contributed by atoms with Gasteiger partial charge in [0.25, 0.3) is 5.91 Å². The van der Waals surface area contributed by atoms with Crippen molar-refractivity contribution in [1.29, 1.82) is 0 Å². The zero-order valence-electron chi connectivity index (χ0n) is 15.9. The number of halogens is 1. The SMILES string of the molecule is C[C@@]1(C2CCN(Cc3ccc(F)cc3)CC2)NC(=O)N(Cc2ccsc2)C1=O. The van der Waals surface area contributed by atoms with Gasteiger partial charge in [-0.25, -0.2) is 9.18 Å². The first kappa shape index (κ1) is 19.1. The monoisotopic (exact) mass is 401 g/mol. The third-order valence-electron chi connectivity index (χ3n) is 5.95. The number of amides is 3. The molecule has 4 rings (SSSR count). The fourth-order valence-electron chi connectivity index (χ4n) is 4.22. The van der Waals surface area contributed by atoms with Crippen LogP contribution in [-0.2, 0) is 17.9 Å². The predicted octanol–water partition coefficient (Wildman–Crippen LogP) is 3.61. The van der Waals surface area contributed by atoms with E-state index in [-0.39, 0.29) is 23.7 Å². The lowest BCUT2D eigenvalue weighted by atomic mass is 9.79. The summed E-state index contributed by atoms with van der Waals surface area (Å²) >= 11 is 1.56. The molecule has 1 N–H and O–H groups in total. The average Bonchev–Trinajstić information content (AvgIpc) is 3.27. The Labute approximate surface area is 168 Å². The smallest absolute Gasteiger partial charge is 0.323 e. The number of benzene rings is 1. The van der Waals surface area contributed by atoms with E-state index >= 15 is 0 Å². The molecule has 1 aromatic heterocycles. The lowest BCUT2D eigenvalue weighted by Crippen LogP contribution is -2.53. The minimum Gasteiger partial charge on any atom is -0.323 e. The van der Waals surface area contributed by atoms with Crippen LogP contribution in [0.4, 0.5) is 9.18 Å². The fraction of sp³-hybridized carbons (Fsp3) is 0.429. The van der Waals surface area contributed by atoms with Gasteiger partial charge in [0, 0.05) is 6.54 Å². The summed E-state index contributed by atoms with van der Waals surface area (Å²) in [6.45, 7) is 4.67. The van der Waals surface area contributed by atoms with E-state index in [1.165, 1.54) is 17.0 Å². The molecule has 0 aliphatic carbocycles. The summed E-state index contributed by atoms with van der Waals surface area (Å²) in [5.74, 6) is -0.237. The van der Waals surface area contributed by atoms with Crippen LogP contribution in [0, 0.1) is 11.7 Å². The van der Waals surface area contributed by atoms with Gasteiger partial charge in [-0.3, -0.25) is 14.6 Å². The second kappa shape index (κ2) is 7.64. The quantitative estimate of drug-likeness (QED) is 0.779. The summed E-state index contributed by atoms with van der Waals surface area (Å²) in [5, 5.41) is 6.87. The molecule has 0 spiro atoms. The molecule has 0 bridgehead atoms. The molecule has 2 saturated heterocycles. The minimum absolute atomic E-state index is 0.112. The summed E-state index contributed by atoms with van der Waals surface area (Å²) in [6, 6.07) is 8.23. The molecule has 0 radical (unpaired) electrons. The first-order chi connectivity index (χ1) is 13.5. The van der Waals surface area contributed by atoms with Crippen molar-refractivity contribution in [3.63, 3.8) is 0 Å². The largest absolute Gasteiger partial charge is 0.325 e. The minimum atomic E-state index is -0.838. The molecule has 28 heavy (non-hydrogen) atoms. The first-order valence-electron chi connectivity index (χ1n) is 9.58. The van der Waals surface area contributed by atoms with Gasteiger partial charge < -0.3 is 5.32 Å². The molecule has 3 heterocycles. The number of nitrogens with zero attached hydrogens (tertiary/aromatic N) is 2. The molecule has 2 aliphatic heterocycles. The summed E-state index contributed by atoms with van der Waals surface area (Å²) < 4.78 is 13.1. The molecule has 3 amide bonds. The molecule has 5 nitrogen and oxygen atoms in total. The normalized spacial score (nSPS) is 24.0. The van der Waals surface area contributed by atoms with Crippen molar-refractivity contribution in [3.8, 4) is 0 Å². The number of piperidine rings is 1. The summed E-state index contributed by atoms with van der Waals surface area (Å²) in [7, 11) is 0. The third kappa shape index (κ3) is 3.69. The van der Waals surface area contributed by atoms with Gasteiger partial charge >= 0.3 is 6.03 Å². The number of nitrogens with one attached hydrogen (secondary N) is 1. The Morgan fingerprint density at radius 1 is 1.11 bits per heavy atom. The van der Waals surface area contributed by atoms with Crippen LogP contribution in [0.2, 0.25) is 0 Å². The first-order valence-corrected chi connectivity index (χ1v) is 10.5. The van der Waals surface area contributed by atoms with E-state index in [9.17, 15) is 14.0 Å². The highest BCUT2D eigenvalue weighted by Crippen LogP contribution is 2.34. The Kier molecular flexibility index (Phi) is 5.21. The van der Waals surface area contributed by atoms with Gasteiger partial charge in [-0.15, -0.1) is 0 Å². The maximum absolute atomic E-state index is 13.1. The number of carbonyl (C=O) groups is 2. The molecule has 2 aliphatic rings. The highest BCUT2D eigenvalue weighted by Gasteiger charge is 2.52. The lowest BCUT2D eigenvalue weighted by molar-refractivity contribution is -0.133. The van der Waals surface area contributed by atoms with Crippen molar-refractivity contribution < 1.29 is 14.0 Å². The maximum Gasteiger partial charge on any atom is 0.325 e. The highest BCUT2D eigenvalue weighted by atomic mass is 32.1. The number of rotatable bonds is 5. The topological polar surface area (TPSA) is 52.7 Å². The van der Waals surface area contributed by atoms with Crippen LogP contribution >= 0.6 is 11.3 Å². The van der Waals surface area contributed by atoms with Gasteiger partial charge in [0.2, 0.25) is 0 Å². The van der Waals surface area contributed by atoms with Crippen molar-refractivity contribution in [2.24, 2.45) is 5.92 Å². The molecule has 1 aromatic carbocycles. The van der Waals surface area contributed by atoms with Crippen LogP contribution in [0.3, 0.4) is 0 Å². The van der Waals surface area contributed by atoms with Crippen LogP contribution in [-0.4, -0.2) is 40.4 Å². The van der Waals surface area contributed by atoms with Gasteiger partial charge in [0.05, 0.1) is 6.54 Å². The molecular formula is C21H24FN3O2S. The van der Waals surface area contributed by atoms with E-state index in [4.69, 9.17) is 0 Å². The maximum atomic E-state index is 13.1. The fourth-order valence-corrected chi connectivity index (χ4v) is 4.88. The van der Waals surface area contributed by atoms with Crippen molar-refractivity contribution in [3.05, 3.63) is 58.0 Å². The second-order valence-electron chi connectivity index (χ2n) is 7.83. The van der Waals surface area contributed by atoms with Gasteiger partial charge in [-0.05, 0) is 78.9 Å². The van der Waals surface area contributed by atoms with Crippen LogP contribution in [0.25, 0.3) is 0 Å². The summed E-state index contributed by atoms with van der Waals surface area (Å²) in [4.78, 5) is 29.2. The van der Waals surface area contributed by atoms with Crippen LogP contribution < -0.4 is 5.32 Å². The molecule has 2 aromatic rings. The van der Waals surface area contributed by atoms with Gasteiger partial charge in [0.1, 0.15) is 11.4 Å². The van der Waals surface area contributed by atoms with Gasteiger partial charge in [-0.2, -0.15) is 11.3 Å². The van der Waals surface area contributed by atoms with E-state index in [2.05, 4.69) is 10.2 Å². The number of hydrogen-bond acceptors (Lipinski definition) is 4. The van der Waals surface area contributed by atoms with Crippen molar-refractivity contribution in [1.82, 2.24) is 15.1 Å². The molecule has 148 valence electrons. The van der Waals surface area contributed by atoms with E-state index < -0.39 is 5.54 Å². The summed E-state index contributed by atoms with van der Waals surface area (Å²) in [5.41, 5.74) is 1.22. The standard InChI is InChI=1S/C21H24FN3O2S/c1-21(19(26)25(20(27)23-21)13-16-8-11-28-14-16)17-6-9-24(10-7-17)12-15-2-4-18(22)5-3-15/h2-5,8,11,14,17H,6-7,9-10,12-13H2,1H3,(H,23,27)/t21-/m0/s1. The van der Waals surface area contributed by atoms with E-state index in [0.29, 0.717) is 6.54 Å². The average molecular weight is 402 g/mol. The highest BCUT2D eigenvalue weighted by molar-refractivity contribution is 7.07. The molecule has 0 saturated carbocycles. The Hall–Kier alpha value is -2.25. The number of thiophene rings is 1. The van der Waals surface area contributed by atoms with E-state index in [1.807, 2.05) is 35.9 Å². The Morgan fingerprint density at radius 2 is 1.82 bits per heavy atom. The summed E-state index contributed by atoms with van der Waals surface area (Å²) in [6.07, 6.45) is 1.69.